The van der Waals surface area contributed by atoms with Crippen LogP contribution in [-0.2, 0) is 11.3 Å². The van der Waals surface area contributed by atoms with Gasteiger partial charge >= 0.3 is 5.97 Å². The summed E-state index contributed by atoms with van der Waals surface area (Å²) in [6.45, 7) is 8.02. The summed E-state index contributed by atoms with van der Waals surface area (Å²) < 4.78 is 0. The van der Waals surface area contributed by atoms with Gasteiger partial charge in [-0.15, -0.1) is 11.3 Å². The Morgan fingerprint density at radius 3 is 2.63 bits per heavy atom. The van der Waals surface area contributed by atoms with Crippen molar-refractivity contribution in [3.05, 3.63) is 16.1 Å². The van der Waals surface area contributed by atoms with Gasteiger partial charge in [0.1, 0.15) is 0 Å². The quantitative estimate of drug-likeness (QED) is 0.856. The molecule has 1 N–H and O–H groups in total. The van der Waals surface area contributed by atoms with E-state index in [1.807, 2.05) is 6.92 Å². The second-order valence-electron chi connectivity index (χ2n) is 4.97. The van der Waals surface area contributed by atoms with Gasteiger partial charge in [0.2, 0.25) is 0 Å². The van der Waals surface area contributed by atoms with Gasteiger partial charge in [-0.2, -0.15) is 0 Å². The number of carboxylic acids is 1. The second kappa shape index (κ2) is 6.98. The first-order chi connectivity index (χ1) is 9.13. The molecule has 1 saturated heterocycles. The molecule has 0 spiro atoms. The lowest BCUT2D eigenvalue weighted by atomic mass is 10.2. The summed E-state index contributed by atoms with van der Waals surface area (Å²) in [6.07, 6.45) is 1.03. The highest BCUT2D eigenvalue weighted by Gasteiger charge is 2.17. The number of hydrogen-bond acceptors (Lipinski definition) is 5. The summed E-state index contributed by atoms with van der Waals surface area (Å²) in [5.41, 5.74) is 1.17. The van der Waals surface area contributed by atoms with E-state index < -0.39 is 5.97 Å². The van der Waals surface area contributed by atoms with Crippen molar-refractivity contribution in [3.63, 3.8) is 0 Å². The lowest BCUT2D eigenvalue weighted by Crippen LogP contribution is -2.46. The van der Waals surface area contributed by atoms with Crippen molar-refractivity contribution in [2.24, 2.45) is 0 Å². The van der Waals surface area contributed by atoms with Crippen LogP contribution < -0.4 is 0 Å². The third-order valence-electron chi connectivity index (χ3n) is 3.38. The molecule has 0 aromatic carbocycles. The highest BCUT2D eigenvalue weighted by molar-refractivity contribution is 7.09. The maximum Gasteiger partial charge on any atom is 0.303 e. The number of nitrogens with zero attached hydrogens (tertiary/aromatic N) is 3. The van der Waals surface area contributed by atoms with Crippen LogP contribution in [0.25, 0.3) is 0 Å². The van der Waals surface area contributed by atoms with E-state index in [-0.39, 0.29) is 6.42 Å². The van der Waals surface area contributed by atoms with Crippen molar-refractivity contribution in [1.82, 2.24) is 14.8 Å². The third-order valence-corrected chi connectivity index (χ3v) is 4.20. The predicted octanol–water partition coefficient (Wildman–Crippen LogP) is 1.43. The van der Waals surface area contributed by atoms with Gasteiger partial charge in [0, 0.05) is 44.5 Å². The Labute approximate surface area is 117 Å². The Bertz CT molecular complexity index is 414. The topological polar surface area (TPSA) is 56.7 Å². The van der Waals surface area contributed by atoms with Crippen LogP contribution in [-0.4, -0.2) is 58.6 Å². The summed E-state index contributed by atoms with van der Waals surface area (Å²) >= 11 is 1.70. The highest BCUT2D eigenvalue weighted by atomic mass is 32.1. The molecular weight excluding hydrogens is 262 g/mol. The molecule has 19 heavy (non-hydrogen) atoms. The second-order valence-corrected chi connectivity index (χ2v) is 6.04. The number of aliphatic carboxylic acids is 1. The summed E-state index contributed by atoms with van der Waals surface area (Å²) in [6, 6.07) is 0. The molecule has 106 valence electrons. The Balaban J connectivity index is 1.66. The highest BCUT2D eigenvalue weighted by Crippen LogP contribution is 2.12. The van der Waals surface area contributed by atoms with E-state index >= 15 is 0 Å². The van der Waals surface area contributed by atoms with Crippen LogP contribution in [0.2, 0.25) is 0 Å². The van der Waals surface area contributed by atoms with Crippen LogP contribution in [0, 0.1) is 6.92 Å². The van der Waals surface area contributed by atoms with Gasteiger partial charge in [0.15, 0.2) is 0 Å². The van der Waals surface area contributed by atoms with E-state index in [0.717, 1.165) is 50.7 Å². The van der Waals surface area contributed by atoms with Crippen molar-refractivity contribution in [2.45, 2.75) is 26.3 Å². The number of aryl methyl sites for hydroxylation is 1. The third kappa shape index (κ3) is 4.89. The van der Waals surface area contributed by atoms with Crippen molar-refractivity contribution >= 4 is 17.3 Å². The Morgan fingerprint density at radius 2 is 2.05 bits per heavy atom. The van der Waals surface area contributed by atoms with E-state index in [1.165, 1.54) is 5.69 Å². The van der Waals surface area contributed by atoms with E-state index in [1.54, 1.807) is 11.3 Å². The average molecular weight is 283 g/mol. The van der Waals surface area contributed by atoms with Crippen molar-refractivity contribution < 1.29 is 9.90 Å². The zero-order valence-corrected chi connectivity index (χ0v) is 12.2. The van der Waals surface area contributed by atoms with Crippen LogP contribution >= 0.6 is 11.3 Å². The molecule has 0 radical (unpaired) electrons. The van der Waals surface area contributed by atoms with E-state index in [4.69, 9.17) is 5.11 Å². The molecular formula is C13H21N3O2S. The van der Waals surface area contributed by atoms with Gasteiger partial charge in [-0.25, -0.2) is 4.98 Å². The molecule has 2 heterocycles. The van der Waals surface area contributed by atoms with Gasteiger partial charge < -0.3 is 10.0 Å². The summed E-state index contributed by atoms with van der Waals surface area (Å²) in [4.78, 5) is 19.7. The molecule has 5 nitrogen and oxygen atoms in total. The average Bonchev–Trinajstić information content (AvgIpc) is 2.77. The fourth-order valence-corrected chi connectivity index (χ4v) is 2.94. The number of thiazole rings is 1. The van der Waals surface area contributed by atoms with Crippen molar-refractivity contribution in [2.75, 3.05) is 32.7 Å². The van der Waals surface area contributed by atoms with E-state index in [0.29, 0.717) is 0 Å². The zero-order chi connectivity index (χ0) is 13.7. The fourth-order valence-electron chi connectivity index (χ4n) is 2.33. The Hall–Kier alpha value is -0.980. The molecule has 1 aromatic rings. The minimum absolute atomic E-state index is 0.276. The summed E-state index contributed by atoms with van der Waals surface area (Å²) in [5.74, 6) is -0.697. The minimum Gasteiger partial charge on any atom is -0.481 e. The van der Waals surface area contributed by atoms with Crippen LogP contribution in [0.3, 0.4) is 0 Å². The molecule has 0 aliphatic carbocycles. The smallest absolute Gasteiger partial charge is 0.303 e. The Kier molecular flexibility index (Phi) is 5.30. The van der Waals surface area contributed by atoms with Crippen molar-refractivity contribution in [1.29, 1.82) is 0 Å². The molecule has 1 aromatic heterocycles. The maximum absolute atomic E-state index is 10.5. The first-order valence-electron chi connectivity index (χ1n) is 6.71. The molecule has 0 atom stereocenters. The lowest BCUT2D eigenvalue weighted by molar-refractivity contribution is -0.137. The minimum atomic E-state index is -0.697. The number of piperazine rings is 1. The largest absolute Gasteiger partial charge is 0.481 e. The van der Waals surface area contributed by atoms with Crippen LogP contribution in [0.5, 0.6) is 0 Å². The van der Waals surface area contributed by atoms with Crippen LogP contribution in [0.1, 0.15) is 23.5 Å². The summed E-state index contributed by atoms with van der Waals surface area (Å²) in [5, 5.41) is 11.9. The van der Waals surface area contributed by atoms with Gasteiger partial charge in [-0.3, -0.25) is 9.69 Å². The fraction of sp³-hybridized carbons (Fsp3) is 0.692. The van der Waals surface area contributed by atoms with E-state index in [2.05, 4.69) is 20.2 Å². The van der Waals surface area contributed by atoms with Crippen LogP contribution in [0.15, 0.2) is 5.38 Å². The lowest BCUT2D eigenvalue weighted by Gasteiger charge is -2.34. The molecule has 1 aliphatic rings. The normalized spacial score (nSPS) is 17.7. The molecule has 0 bridgehead atoms. The molecule has 6 heteroatoms. The number of hydrogen-bond donors (Lipinski definition) is 1. The van der Waals surface area contributed by atoms with Gasteiger partial charge in [-0.1, -0.05) is 0 Å². The van der Waals surface area contributed by atoms with Gasteiger partial charge in [-0.05, 0) is 19.9 Å². The number of carboxylic acid groups (broad SMARTS) is 1. The monoisotopic (exact) mass is 283 g/mol. The zero-order valence-electron chi connectivity index (χ0n) is 11.3. The molecule has 0 amide bonds. The van der Waals surface area contributed by atoms with Crippen molar-refractivity contribution in [3.8, 4) is 0 Å². The molecule has 1 aliphatic heterocycles. The predicted molar refractivity (Wildman–Crippen MR) is 75.4 cm³/mol. The molecule has 1 fully saturated rings. The standard InChI is InChI=1S/C13H21N3O2S/c1-11-14-12(10-19-11)9-16-7-5-15(6-8-16)4-2-3-13(17)18/h10H,2-9H2,1H3,(H,17,18). The molecule has 0 saturated carbocycles. The molecule has 0 unspecified atom stereocenters. The van der Waals surface area contributed by atoms with Crippen LogP contribution in [0.4, 0.5) is 0 Å². The van der Waals surface area contributed by atoms with Gasteiger partial charge in [0.25, 0.3) is 0 Å². The number of aromatic nitrogens is 1. The number of carbonyl (C=O) groups is 1. The van der Waals surface area contributed by atoms with Gasteiger partial charge in [0.05, 0.1) is 10.7 Å². The number of rotatable bonds is 6. The van der Waals surface area contributed by atoms with E-state index in [9.17, 15) is 4.79 Å². The Morgan fingerprint density at radius 1 is 1.37 bits per heavy atom. The maximum atomic E-state index is 10.5. The first kappa shape index (κ1) is 14.4. The molecule has 2 rings (SSSR count). The SMILES string of the molecule is Cc1nc(CN2CCN(CCCC(=O)O)CC2)cs1. The first-order valence-corrected chi connectivity index (χ1v) is 7.59. The summed E-state index contributed by atoms with van der Waals surface area (Å²) in [7, 11) is 0.